The second-order valence-electron chi connectivity index (χ2n) is 8.23. The molecule has 8 heteroatoms. The zero-order chi connectivity index (χ0) is 23.7. The summed E-state index contributed by atoms with van der Waals surface area (Å²) in [5, 5.41) is 0. The first-order chi connectivity index (χ1) is 16.4. The van der Waals surface area contributed by atoms with Crippen molar-refractivity contribution in [3.05, 3.63) is 90.3 Å². The van der Waals surface area contributed by atoms with Gasteiger partial charge in [0.25, 0.3) is 0 Å². The number of rotatable bonds is 6. The number of benzene rings is 3. The molecule has 1 atom stereocenters. The smallest absolute Gasteiger partial charge is 0.416 e. The number of hydrogen-bond acceptors (Lipinski definition) is 3. The quantitative estimate of drug-likeness (QED) is 0.370. The van der Waals surface area contributed by atoms with Gasteiger partial charge in [0.1, 0.15) is 18.2 Å². The molecule has 0 radical (unpaired) electrons. The number of amides is 1. The molecule has 0 spiro atoms. The van der Waals surface area contributed by atoms with E-state index in [1.165, 1.54) is 17.0 Å². The summed E-state index contributed by atoms with van der Waals surface area (Å²) in [5.74, 6) is 1.04. The zero-order valence-corrected chi connectivity index (χ0v) is 18.2. The number of fused-ring (bicyclic) bond motifs is 1. The van der Waals surface area contributed by atoms with Crippen LogP contribution < -0.4 is 9.64 Å². The fourth-order valence-electron chi connectivity index (χ4n) is 4.39. The van der Waals surface area contributed by atoms with Gasteiger partial charge in [-0.2, -0.15) is 13.2 Å². The lowest BCUT2D eigenvalue weighted by molar-refractivity contribution is -0.137. The summed E-state index contributed by atoms with van der Waals surface area (Å²) in [5.41, 5.74) is 1.21. The fourth-order valence-corrected chi connectivity index (χ4v) is 4.39. The van der Waals surface area contributed by atoms with Crippen molar-refractivity contribution in [3.8, 4) is 5.75 Å². The first kappa shape index (κ1) is 22.0. The van der Waals surface area contributed by atoms with Crippen LogP contribution in [0.1, 0.15) is 23.7 Å². The van der Waals surface area contributed by atoms with Gasteiger partial charge < -0.3 is 14.2 Å². The molecule has 2 heterocycles. The Hall–Kier alpha value is -3.81. The Kier molecular flexibility index (Phi) is 5.73. The molecule has 4 aromatic rings. The van der Waals surface area contributed by atoms with Crippen molar-refractivity contribution in [2.45, 2.75) is 25.1 Å². The summed E-state index contributed by atoms with van der Waals surface area (Å²) in [4.78, 5) is 19.0. The lowest BCUT2D eigenvalue weighted by Crippen LogP contribution is -2.25. The van der Waals surface area contributed by atoms with Crippen molar-refractivity contribution in [1.82, 2.24) is 9.55 Å². The molecule has 0 N–H and O–H groups in total. The Morgan fingerprint density at radius 2 is 1.74 bits per heavy atom. The third-order valence-electron chi connectivity index (χ3n) is 5.99. The number of nitrogens with zero attached hydrogens (tertiary/aromatic N) is 3. The highest BCUT2D eigenvalue weighted by Crippen LogP contribution is 2.36. The van der Waals surface area contributed by atoms with Crippen molar-refractivity contribution in [2.24, 2.45) is 0 Å². The molecule has 1 aromatic heterocycles. The number of hydrogen-bond donors (Lipinski definition) is 0. The van der Waals surface area contributed by atoms with Crippen LogP contribution in [-0.2, 0) is 17.5 Å². The molecular weight excluding hydrogens is 443 g/mol. The van der Waals surface area contributed by atoms with Crippen molar-refractivity contribution in [2.75, 3.05) is 18.1 Å². The van der Waals surface area contributed by atoms with Gasteiger partial charge in [-0.3, -0.25) is 4.79 Å². The first-order valence-corrected chi connectivity index (χ1v) is 11.0. The first-order valence-electron chi connectivity index (χ1n) is 11.0. The molecule has 1 aliphatic heterocycles. The summed E-state index contributed by atoms with van der Waals surface area (Å²) in [7, 11) is 0. The summed E-state index contributed by atoms with van der Waals surface area (Å²) in [6.45, 7) is 1.21. The van der Waals surface area contributed by atoms with E-state index in [4.69, 9.17) is 9.72 Å². The molecule has 0 bridgehead atoms. The van der Waals surface area contributed by atoms with Crippen LogP contribution in [0.3, 0.4) is 0 Å². The minimum atomic E-state index is -4.47. The molecule has 3 aromatic carbocycles. The van der Waals surface area contributed by atoms with Crippen molar-refractivity contribution < 1.29 is 22.7 Å². The lowest BCUT2D eigenvalue weighted by atomic mass is 10.1. The minimum absolute atomic E-state index is 0.180. The Bertz CT molecular complexity index is 1320. The highest BCUT2D eigenvalue weighted by atomic mass is 19.4. The molecule has 174 valence electrons. The summed E-state index contributed by atoms with van der Waals surface area (Å²) in [6.07, 6.45) is -4.29. The van der Waals surface area contributed by atoms with Gasteiger partial charge in [-0.05, 0) is 42.5 Å². The second kappa shape index (κ2) is 8.85. The van der Waals surface area contributed by atoms with E-state index in [0.717, 1.165) is 34.7 Å². The third-order valence-corrected chi connectivity index (χ3v) is 5.99. The standard InChI is InChI=1S/C26H22F3N3O2/c27-26(28,29)19-7-6-8-20(16-19)32-17-18(15-24(32)33)25-30-22-11-4-5-12-23(22)31(25)13-14-34-21-9-2-1-3-10-21/h1-12,16,18H,13-15,17H2/t18-/m0/s1. The average Bonchev–Trinajstić information content (AvgIpc) is 3.40. The van der Waals surface area contributed by atoms with E-state index in [-0.39, 0.29) is 30.5 Å². The maximum absolute atomic E-state index is 13.2. The van der Waals surface area contributed by atoms with Gasteiger partial charge in [0, 0.05) is 24.6 Å². The van der Waals surface area contributed by atoms with Gasteiger partial charge in [0.15, 0.2) is 0 Å². The number of alkyl halides is 3. The molecule has 5 rings (SSSR count). The Labute approximate surface area is 194 Å². The van der Waals surface area contributed by atoms with E-state index in [1.54, 1.807) is 0 Å². The van der Waals surface area contributed by atoms with Gasteiger partial charge in [-0.1, -0.05) is 36.4 Å². The lowest BCUT2D eigenvalue weighted by Gasteiger charge is -2.19. The van der Waals surface area contributed by atoms with Gasteiger partial charge in [-0.15, -0.1) is 0 Å². The topological polar surface area (TPSA) is 47.4 Å². The predicted octanol–water partition coefficient (Wildman–Crippen LogP) is 5.65. The van der Waals surface area contributed by atoms with Crippen molar-refractivity contribution in [3.63, 3.8) is 0 Å². The van der Waals surface area contributed by atoms with Crippen LogP contribution in [0.2, 0.25) is 0 Å². The Balaban J connectivity index is 1.41. The van der Waals surface area contributed by atoms with E-state index in [1.807, 2.05) is 59.2 Å². The average molecular weight is 465 g/mol. The van der Waals surface area contributed by atoms with E-state index in [0.29, 0.717) is 13.2 Å². The van der Waals surface area contributed by atoms with Crippen LogP contribution in [0.25, 0.3) is 11.0 Å². The van der Waals surface area contributed by atoms with Crippen LogP contribution in [-0.4, -0.2) is 28.6 Å². The minimum Gasteiger partial charge on any atom is -0.492 e. The maximum Gasteiger partial charge on any atom is 0.416 e. The molecule has 0 saturated carbocycles. The second-order valence-corrected chi connectivity index (χ2v) is 8.23. The number of carbonyl (C=O) groups excluding carboxylic acids is 1. The Morgan fingerprint density at radius 3 is 2.53 bits per heavy atom. The summed E-state index contributed by atoms with van der Waals surface area (Å²) in [6, 6.07) is 22.1. The molecule has 34 heavy (non-hydrogen) atoms. The van der Waals surface area contributed by atoms with Gasteiger partial charge in [-0.25, -0.2) is 4.98 Å². The number of anilines is 1. The third kappa shape index (κ3) is 4.35. The van der Waals surface area contributed by atoms with Crippen LogP contribution in [0, 0.1) is 0 Å². The molecule has 1 aliphatic rings. The highest BCUT2D eigenvalue weighted by molar-refractivity contribution is 5.96. The molecular formula is C26H22F3N3O2. The number of carbonyl (C=O) groups is 1. The number of ether oxygens (including phenoxy) is 1. The largest absolute Gasteiger partial charge is 0.492 e. The number of halogens is 3. The number of aromatic nitrogens is 2. The van der Waals surface area contributed by atoms with Gasteiger partial charge >= 0.3 is 6.18 Å². The molecule has 1 fully saturated rings. The SMILES string of the molecule is O=C1C[C@H](c2nc3ccccc3n2CCOc2ccccc2)CN1c1cccc(C(F)(F)F)c1. The normalized spacial score (nSPS) is 16.4. The van der Waals surface area contributed by atoms with Crippen LogP contribution in [0.4, 0.5) is 18.9 Å². The number of imidazole rings is 1. The molecule has 0 aliphatic carbocycles. The van der Waals surface area contributed by atoms with E-state index >= 15 is 0 Å². The van der Waals surface area contributed by atoms with Crippen LogP contribution in [0.15, 0.2) is 78.9 Å². The monoisotopic (exact) mass is 465 g/mol. The van der Waals surface area contributed by atoms with Crippen molar-refractivity contribution >= 4 is 22.6 Å². The Morgan fingerprint density at radius 1 is 0.971 bits per heavy atom. The summed E-state index contributed by atoms with van der Waals surface area (Å²) < 4.78 is 47.4. The summed E-state index contributed by atoms with van der Waals surface area (Å²) >= 11 is 0. The van der Waals surface area contributed by atoms with E-state index < -0.39 is 11.7 Å². The highest BCUT2D eigenvalue weighted by Gasteiger charge is 2.36. The zero-order valence-electron chi connectivity index (χ0n) is 18.2. The molecule has 1 amide bonds. The fraction of sp³-hybridized carbons (Fsp3) is 0.231. The van der Waals surface area contributed by atoms with Gasteiger partial charge in [0.2, 0.25) is 5.91 Å². The number of para-hydroxylation sites is 3. The predicted molar refractivity (Wildman–Crippen MR) is 123 cm³/mol. The molecule has 1 saturated heterocycles. The van der Waals surface area contributed by atoms with E-state index in [9.17, 15) is 18.0 Å². The molecule has 5 nitrogen and oxygen atoms in total. The van der Waals surface area contributed by atoms with Crippen LogP contribution >= 0.6 is 0 Å². The maximum atomic E-state index is 13.2. The molecule has 0 unspecified atom stereocenters. The van der Waals surface area contributed by atoms with Crippen molar-refractivity contribution in [1.29, 1.82) is 0 Å². The van der Waals surface area contributed by atoms with Crippen LogP contribution in [0.5, 0.6) is 5.75 Å². The van der Waals surface area contributed by atoms with Gasteiger partial charge in [0.05, 0.1) is 23.1 Å². The van der Waals surface area contributed by atoms with E-state index in [2.05, 4.69) is 0 Å².